The molecular weight excluding hydrogens is 300 g/mol. The van der Waals surface area contributed by atoms with Crippen LogP contribution in [0.15, 0.2) is 24.4 Å². The third kappa shape index (κ3) is 3.72. The largest absolute Gasteiger partial charge is 0.237 e. The number of hydrogen-bond acceptors (Lipinski definition) is 4. The molecule has 0 unspecified atom stereocenters. The minimum atomic E-state index is -3.27. The predicted molar refractivity (Wildman–Crippen MR) is 86.3 cm³/mol. The van der Waals surface area contributed by atoms with Crippen molar-refractivity contribution in [1.29, 1.82) is 0 Å². The van der Waals surface area contributed by atoms with E-state index in [0.717, 1.165) is 22.8 Å². The summed E-state index contributed by atoms with van der Waals surface area (Å²) in [6.45, 7) is 7.70. The zero-order chi connectivity index (χ0) is 16.3. The molecule has 0 amide bonds. The van der Waals surface area contributed by atoms with Crippen LogP contribution in [-0.2, 0) is 16.6 Å². The summed E-state index contributed by atoms with van der Waals surface area (Å²) < 4.78 is 28.2. The highest BCUT2D eigenvalue weighted by Crippen LogP contribution is 2.11. The van der Waals surface area contributed by atoms with E-state index in [-0.39, 0.29) is 6.54 Å². The van der Waals surface area contributed by atoms with E-state index >= 15 is 0 Å². The van der Waals surface area contributed by atoms with Crippen molar-refractivity contribution < 1.29 is 8.42 Å². The minimum absolute atomic E-state index is 0.247. The van der Waals surface area contributed by atoms with Gasteiger partial charge >= 0.3 is 0 Å². The topological polar surface area (TPSA) is 76.9 Å². The molecule has 0 radical (unpaired) electrons. The predicted octanol–water partition coefficient (Wildman–Crippen LogP) is 2.10. The number of aromatic nitrogens is 3. The molecule has 0 saturated carbocycles. The number of pyridine rings is 1. The summed E-state index contributed by atoms with van der Waals surface area (Å²) in [4.78, 5) is 4.35. The van der Waals surface area contributed by atoms with E-state index in [4.69, 9.17) is 0 Å². The van der Waals surface area contributed by atoms with Crippen LogP contribution >= 0.6 is 0 Å². The van der Waals surface area contributed by atoms with Crippen molar-refractivity contribution in [3.05, 3.63) is 41.3 Å². The Hall–Kier alpha value is -1.73. The first-order valence-electron chi connectivity index (χ1n) is 7.30. The van der Waals surface area contributed by atoms with Gasteiger partial charge in [0.2, 0.25) is 10.0 Å². The summed E-state index contributed by atoms with van der Waals surface area (Å²) in [5, 5.41) is 3.98. The average molecular weight is 322 g/mol. The molecule has 2 rings (SSSR count). The van der Waals surface area contributed by atoms with Gasteiger partial charge in [-0.25, -0.2) is 22.8 Å². The van der Waals surface area contributed by atoms with Crippen molar-refractivity contribution in [2.45, 2.75) is 45.9 Å². The lowest BCUT2D eigenvalue weighted by Gasteiger charge is -2.12. The third-order valence-corrected chi connectivity index (χ3v) is 5.56. The van der Waals surface area contributed by atoms with E-state index in [1.54, 1.807) is 17.8 Å². The number of rotatable bonds is 6. The SMILES string of the molecule is CC[C@H](C)S(=O)(=O)NCc1ccc(-n2nc(C)cc2C)nc1. The van der Waals surface area contributed by atoms with E-state index in [1.807, 2.05) is 39.0 Å². The lowest BCUT2D eigenvalue weighted by molar-refractivity contribution is 0.565. The molecule has 1 N–H and O–H groups in total. The summed E-state index contributed by atoms with van der Waals surface area (Å²) >= 11 is 0. The van der Waals surface area contributed by atoms with Gasteiger partial charge in [-0.15, -0.1) is 0 Å². The fourth-order valence-corrected chi connectivity index (χ4v) is 3.14. The summed E-state index contributed by atoms with van der Waals surface area (Å²) in [7, 11) is -3.27. The van der Waals surface area contributed by atoms with Gasteiger partial charge in [0.25, 0.3) is 0 Å². The van der Waals surface area contributed by atoms with Gasteiger partial charge in [0.15, 0.2) is 5.82 Å². The number of sulfonamides is 1. The smallest absolute Gasteiger partial charge is 0.214 e. The zero-order valence-electron chi connectivity index (χ0n) is 13.4. The molecule has 2 aromatic heterocycles. The second-order valence-corrected chi connectivity index (χ2v) is 7.63. The van der Waals surface area contributed by atoms with Crippen molar-refractivity contribution in [1.82, 2.24) is 19.5 Å². The first-order chi connectivity index (χ1) is 10.3. The number of nitrogens with zero attached hydrogens (tertiary/aromatic N) is 3. The Balaban J connectivity index is 2.08. The van der Waals surface area contributed by atoms with Crippen molar-refractivity contribution >= 4 is 10.0 Å². The number of hydrogen-bond donors (Lipinski definition) is 1. The molecule has 0 saturated heterocycles. The van der Waals surface area contributed by atoms with Gasteiger partial charge in [0.1, 0.15) is 0 Å². The maximum absolute atomic E-state index is 11.9. The Morgan fingerprint density at radius 3 is 2.55 bits per heavy atom. The van der Waals surface area contributed by atoms with Crippen LogP contribution in [0, 0.1) is 13.8 Å². The highest BCUT2D eigenvalue weighted by molar-refractivity contribution is 7.90. The van der Waals surface area contributed by atoms with Gasteiger partial charge in [0.05, 0.1) is 10.9 Å². The molecule has 0 aliphatic rings. The first kappa shape index (κ1) is 16.6. The van der Waals surface area contributed by atoms with Crippen LogP contribution in [0.2, 0.25) is 0 Å². The molecular formula is C15H22N4O2S. The molecule has 0 spiro atoms. The second kappa shape index (κ2) is 6.58. The Bertz CT molecular complexity index is 735. The van der Waals surface area contributed by atoms with Crippen LogP contribution in [0.1, 0.15) is 37.2 Å². The highest BCUT2D eigenvalue weighted by Gasteiger charge is 2.18. The van der Waals surface area contributed by atoms with E-state index in [2.05, 4.69) is 14.8 Å². The molecule has 0 aliphatic heterocycles. The van der Waals surface area contributed by atoms with Gasteiger partial charge in [-0.3, -0.25) is 0 Å². The zero-order valence-corrected chi connectivity index (χ0v) is 14.2. The summed E-state index contributed by atoms with van der Waals surface area (Å²) in [6.07, 6.45) is 2.26. The summed E-state index contributed by atoms with van der Waals surface area (Å²) in [6, 6.07) is 5.68. The van der Waals surface area contributed by atoms with Gasteiger partial charge in [-0.1, -0.05) is 13.0 Å². The molecule has 0 fully saturated rings. The normalized spacial score (nSPS) is 13.3. The molecule has 1 atom stereocenters. The van der Waals surface area contributed by atoms with Crippen LogP contribution in [0.3, 0.4) is 0 Å². The van der Waals surface area contributed by atoms with Crippen molar-refractivity contribution in [3.63, 3.8) is 0 Å². The third-order valence-electron chi connectivity index (χ3n) is 3.62. The second-order valence-electron chi connectivity index (χ2n) is 5.45. The molecule has 2 heterocycles. The van der Waals surface area contributed by atoms with Crippen LogP contribution < -0.4 is 4.72 Å². The van der Waals surface area contributed by atoms with Gasteiger partial charge < -0.3 is 0 Å². The molecule has 2 aromatic rings. The Kier molecular flexibility index (Phi) is 4.97. The lowest BCUT2D eigenvalue weighted by Crippen LogP contribution is -2.31. The number of aryl methyl sites for hydroxylation is 2. The number of nitrogens with one attached hydrogen (secondary N) is 1. The molecule has 7 heteroatoms. The maximum atomic E-state index is 11.9. The monoisotopic (exact) mass is 322 g/mol. The Labute approximate surface area is 131 Å². The van der Waals surface area contributed by atoms with Gasteiger partial charge in [-0.2, -0.15) is 5.10 Å². The van der Waals surface area contributed by atoms with Gasteiger partial charge in [-0.05, 0) is 44.9 Å². The van der Waals surface area contributed by atoms with E-state index in [9.17, 15) is 8.42 Å². The fourth-order valence-electron chi connectivity index (χ4n) is 2.05. The summed E-state index contributed by atoms with van der Waals surface area (Å²) in [5.41, 5.74) is 2.76. The Morgan fingerprint density at radius 1 is 1.32 bits per heavy atom. The van der Waals surface area contributed by atoms with Crippen LogP contribution in [0.4, 0.5) is 0 Å². The lowest BCUT2D eigenvalue weighted by atomic mass is 10.3. The molecule has 120 valence electrons. The molecule has 0 aliphatic carbocycles. The first-order valence-corrected chi connectivity index (χ1v) is 8.85. The van der Waals surface area contributed by atoms with E-state index < -0.39 is 15.3 Å². The fraction of sp³-hybridized carbons (Fsp3) is 0.467. The van der Waals surface area contributed by atoms with Crippen molar-refractivity contribution in [2.75, 3.05) is 0 Å². The maximum Gasteiger partial charge on any atom is 0.214 e. The van der Waals surface area contributed by atoms with E-state index in [0.29, 0.717) is 6.42 Å². The minimum Gasteiger partial charge on any atom is -0.237 e. The van der Waals surface area contributed by atoms with Crippen LogP contribution in [0.25, 0.3) is 5.82 Å². The summed E-state index contributed by atoms with van der Waals surface area (Å²) in [5.74, 6) is 0.721. The van der Waals surface area contributed by atoms with Crippen molar-refractivity contribution in [2.24, 2.45) is 0 Å². The van der Waals surface area contributed by atoms with Gasteiger partial charge in [0, 0.05) is 18.4 Å². The Morgan fingerprint density at radius 2 is 2.05 bits per heavy atom. The molecule has 22 heavy (non-hydrogen) atoms. The molecule has 0 aromatic carbocycles. The highest BCUT2D eigenvalue weighted by atomic mass is 32.2. The van der Waals surface area contributed by atoms with E-state index in [1.165, 1.54) is 0 Å². The standard InChI is InChI=1S/C15H22N4O2S/c1-5-13(4)22(20,21)17-10-14-6-7-15(16-9-14)19-12(3)8-11(2)18-19/h6-9,13,17H,5,10H2,1-4H3/t13-/m0/s1. The molecule has 0 bridgehead atoms. The van der Waals surface area contributed by atoms with Crippen molar-refractivity contribution in [3.8, 4) is 5.82 Å². The average Bonchev–Trinajstić information content (AvgIpc) is 2.83. The molecule has 6 nitrogen and oxygen atoms in total. The van der Waals surface area contributed by atoms with Crippen LogP contribution in [0.5, 0.6) is 0 Å². The quantitative estimate of drug-likeness (QED) is 0.883. The van der Waals surface area contributed by atoms with Crippen LogP contribution in [-0.4, -0.2) is 28.4 Å².